The molecule has 2 rings (SSSR count). The van der Waals surface area contributed by atoms with Crippen LogP contribution in [-0.4, -0.2) is 19.6 Å². The lowest BCUT2D eigenvalue weighted by Crippen LogP contribution is -2.16. The van der Waals surface area contributed by atoms with Gasteiger partial charge in [0.05, 0.1) is 23.3 Å². The number of halogens is 6. The van der Waals surface area contributed by atoms with Crippen LogP contribution in [0.25, 0.3) is 0 Å². The van der Waals surface area contributed by atoms with Crippen molar-refractivity contribution in [2.75, 3.05) is 12.4 Å². The molecule has 0 saturated heterocycles. The largest absolute Gasteiger partial charge is 0.493 e. The van der Waals surface area contributed by atoms with E-state index in [0.29, 0.717) is 6.07 Å². The van der Waals surface area contributed by atoms with E-state index in [0.717, 1.165) is 18.2 Å². The van der Waals surface area contributed by atoms with Crippen LogP contribution >= 0.6 is 11.6 Å². The molecule has 0 atom stereocenters. The smallest absolute Gasteiger partial charge is 0.417 e. The molecule has 0 aliphatic heterocycles. The number of nitrogens with one attached hydrogen (secondary N) is 1. The van der Waals surface area contributed by atoms with Gasteiger partial charge in [0, 0.05) is 5.69 Å². The molecular formula is C16H11ClF5NO3. The Morgan fingerprint density at radius 3 is 2.46 bits per heavy atom. The number of ether oxygens (including phenoxy) is 2. The van der Waals surface area contributed by atoms with E-state index >= 15 is 0 Å². The van der Waals surface area contributed by atoms with Crippen molar-refractivity contribution in [1.82, 2.24) is 0 Å². The Balaban J connectivity index is 2.37. The van der Waals surface area contributed by atoms with Crippen molar-refractivity contribution < 1.29 is 36.2 Å². The van der Waals surface area contributed by atoms with E-state index in [1.807, 2.05) is 0 Å². The molecule has 4 nitrogen and oxygen atoms in total. The number of methoxy groups -OCH3 is 1. The van der Waals surface area contributed by atoms with Crippen LogP contribution < -0.4 is 14.8 Å². The van der Waals surface area contributed by atoms with Gasteiger partial charge in [-0.3, -0.25) is 4.79 Å². The number of carbonyl (C=O) groups excluding carboxylic acids is 1. The summed E-state index contributed by atoms with van der Waals surface area (Å²) in [5.74, 6) is -1.63. The Kier molecular flexibility index (Phi) is 5.91. The highest BCUT2D eigenvalue weighted by Crippen LogP contribution is 2.37. The van der Waals surface area contributed by atoms with Crippen molar-refractivity contribution in [1.29, 1.82) is 0 Å². The summed E-state index contributed by atoms with van der Waals surface area (Å²) in [4.78, 5) is 12.3. The summed E-state index contributed by atoms with van der Waals surface area (Å²) in [6.07, 6.45) is -4.72. The Hall–Kier alpha value is -2.55. The molecule has 1 N–H and O–H groups in total. The van der Waals surface area contributed by atoms with Gasteiger partial charge in [0.15, 0.2) is 11.5 Å². The summed E-state index contributed by atoms with van der Waals surface area (Å²) in [6, 6.07) is 6.53. The number of anilines is 1. The fraction of sp³-hybridized carbons (Fsp3) is 0.188. The molecule has 140 valence electrons. The van der Waals surface area contributed by atoms with E-state index in [1.54, 1.807) is 0 Å². The molecule has 0 spiro atoms. The molecule has 0 aliphatic rings. The zero-order valence-corrected chi connectivity index (χ0v) is 13.8. The summed E-state index contributed by atoms with van der Waals surface area (Å²) in [5.41, 5.74) is -1.71. The van der Waals surface area contributed by atoms with Crippen molar-refractivity contribution in [3.8, 4) is 11.5 Å². The van der Waals surface area contributed by atoms with Gasteiger partial charge < -0.3 is 14.8 Å². The molecule has 0 radical (unpaired) electrons. The topological polar surface area (TPSA) is 47.6 Å². The normalized spacial score (nSPS) is 11.4. The van der Waals surface area contributed by atoms with Crippen molar-refractivity contribution in [3.05, 3.63) is 52.5 Å². The third-order valence-electron chi connectivity index (χ3n) is 3.18. The van der Waals surface area contributed by atoms with Crippen LogP contribution in [0.5, 0.6) is 11.5 Å². The molecule has 0 aromatic heterocycles. The van der Waals surface area contributed by atoms with E-state index in [9.17, 15) is 26.7 Å². The Labute approximate surface area is 149 Å². The lowest BCUT2D eigenvalue weighted by molar-refractivity contribution is -0.137. The highest BCUT2D eigenvalue weighted by atomic mass is 35.5. The van der Waals surface area contributed by atoms with E-state index < -0.39 is 35.0 Å². The standard InChI is InChI=1S/C16H11ClF5NO3/c1-25-12-4-2-3-9(13(12)26-15(18)19)14(24)23-8-5-6-11(17)10(7-8)16(20,21)22/h2-7,15H,1H3,(H,23,24). The molecule has 0 bridgehead atoms. The van der Waals surface area contributed by atoms with Gasteiger partial charge in [-0.25, -0.2) is 0 Å². The number of hydrogen-bond acceptors (Lipinski definition) is 3. The number of alkyl halides is 5. The van der Waals surface area contributed by atoms with Crippen molar-refractivity contribution in [2.24, 2.45) is 0 Å². The van der Waals surface area contributed by atoms with Gasteiger partial charge in [0.1, 0.15) is 0 Å². The average molecular weight is 396 g/mol. The van der Waals surface area contributed by atoms with Gasteiger partial charge >= 0.3 is 12.8 Å². The lowest BCUT2D eigenvalue weighted by Gasteiger charge is -2.15. The predicted molar refractivity (Wildman–Crippen MR) is 84.0 cm³/mol. The number of rotatable bonds is 5. The number of amides is 1. The maximum absolute atomic E-state index is 12.9. The minimum absolute atomic E-state index is 0.134. The molecule has 0 saturated carbocycles. The summed E-state index contributed by atoms with van der Waals surface area (Å²) in [5, 5.41) is 1.64. The average Bonchev–Trinajstić information content (AvgIpc) is 2.55. The quantitative estimate of drug-likeness (QED) is 0.706. The Morgan fingerprint density at radius 1 is 1.19 bits per heavy atom. The number of carbonyl (C=O) groups is 1. The van der Waals surface area contributed by atoms with Crippen LogP contribution in [0.3, 0.4) is 0 Å². The van der Waals surface area contributed by atoms with Crippen LogP contribution in [0, 0.1) is 0 Å². The van der Waals surface area contributed by atoms with Crippen molar-refractivity contribution in [2.45, 2.75) is 12.8 Å². The van der Waals surface area contributed by atoms with Crippen LogP contribution in [-0.2, 0) is 6.18 Å². The maximum Gasteiger partial charge on any atom is 0.417 e. The van der Waals surface area contributed by atoms with Crippen molar-refractivity contribution in [3.63, 3.8) is 0 Å². The molecule has 26 heavy (non-hydrogen) atoms. The molecule has 1 amide bonds. The van der Waals surface area contributed by atoms with Gasteiger partial charge in [-0.1, -0.05) is 17.7 Å². The van der Waals surface area contributed by atoms with Crippen LogP contribution in [0.15, 0.2) is 36.4 Å². The SMILES string of the molecule is COc1cccc(C(=O)Nc2ccc(Cl)c(C(F)(F)F)c2)c1OC(F)F. The third kappa shape index (κ3) is 4.54. The third-order valence-corrected chi connectivity index (χ3v) is 3.51. The second-order valence-corrected chi connectivity index (χ2v) is 5.27. The molecule has 2 aromatic carbocycles. The van der Waals surface area contributed by atoms with Gasteiger partial charge in [0.2, 0.25) is 0 Å². The van der Waals surface area contributed by atoms with E-state index in [-0.39, 0.29) is 17.0 Å². The van der Waals surface area contributed by atoms with Gasteiger partial charge in [-0.05, 0) is 30.3 Å². The first-order chi connectivity index (χ1) is 12.1. The van der Waals surface area contributed by atoms with Crippen LogP contribution in [0.1, 0.15) is 15.9 Å². The fourth-order valence-electron chi connectivity index (χ4n) is 2.08. The molecule has 0 heterocycles. The number of para-hydroxylation sites is 1. The van der Waals surface area contributed by atoms with Gasteiger partial charge in [-0.2, -0.15) is 22.0 Å². The first-order valence-corrected chi connectivity index (χ1v) is 7.31. The lowest BCUT2D eigenvalue weighted by atomic mass is 10.1. The zero-order valence-electron chi connectivity index (χ0n) is 13.0. The molecule has 10 heteroatoms. The Bertz CT molecular complexity index is 811. The van der Waals surface area contributed by atoms with E-state index in [4.69, 9.17) is 16.3 Å². The number of hydrogen-bond donors (Lipinski definition) is 1. The highest BCUT2D eigenvalue weighted by molar-refractivity contribution is 6.31. The molecule has 2 aromatic rings. The van der Waals surface area contributed by atoms with Gasteiger partial charge in [-0.15, -0.1) is 0 Å². The monoisotopic (exact) mass is 395 g/mol. The molecular weight excluding hydrogens is 385 g/mol. The second kappa shape index (κ2) is 7.77. The molecule has 0 fully saturated rings. The van der Waals surface area contributed by atoms with Crippen LogP contribution in [0.2, 0.25) is 5.02 Å². The first-order valence-electron chi connectivity index (χ1n) is 6.93. The minimum Gasteiger partial charge on any atom is -0.493 e. The van der Waals surface area contributed by atoms with Crippen molar-refractivity contribution >= 4 is 23.2 Å². The van der Waals surface area contributed by atoms with Gasteiger partial charge in [0.25, 0.3) is 5.91 Å². The first kappa shape index (κ1) is 19.8. The van der Waals surface area contributed by atoms with E-state index in [2.05, 4.69) is 10.1 Å². The van der Waals surface area contributed by atoms with E-state index in [1.165, 1.54) is 19.2 Å². The highest BCUT2D eigenvalue weighted by Gasteiger charge is 2.33. The molecule has 0 aliphatic carbocycles. The Morgan fingerprint density at radius 2 is 1.88 bits per heavy atom. The predicted octanol–water partition coefficient (Wildman–Crippen LogP) is 5.22. The number of benzene rings is 2. The second-order valence-electron chi connectivity index (χ2n) is 4.86. The van der Waals surface area contributed by atoms with Crippen LogP contribution in [0.4, 0.5) is 27.6 Å². The fourth-order valence-corrected chi connectivity index (χ4v) is 2.31. The summed E-state index contributed by atoms with van der Waals surface area (Å²) in [6.45, 7) is -3.23. The zero-order chi connectivity index (χ0) is 19.5. The maximum atomic E-state index is 12.9. The molecule has 0 unspecified atom stereocenters. The summed E-state index contributed by atoms with van der Waals surface area (Å²) >= 11 is 5.50. The minimum atomic E-state index is -4.72. The summed E-state index contributed by atoms with van der Waals surface area (Å²) < 4.78 is 73.0. The summed E-state index contributed by atoms with van der Waals surface area (Å²) in [7, 11) is 1.18.